The number of amides is 1. The molecule has 0 spiro atoms. The van der Waals surface area contributed by atoms with E-state index in [9.17, 15) is 9.59 Å². The first-order chi connectivity index (χ1) is 10.1. The van der Waals surface area contributed by atoms with E-state index in [1.54, 1.807) is 42.5 Å². The Kier molecular flexibility index (Phi) is 3.31. The first-order valence-corrected chi connectivity index (χ1v) is 6.48. The van der Waals surface area contributed by atoms with Crippen molar-refractivity contribution in [2.45, 2.75) is 13.2 Å². The Morgan fingerprint density at radius 2 is 1.86 bits per heavy atom. The van der Waals surface area contributed by atoms with Gasteiger partial charge in [0.1, 0.15) is 11.5 Å². The van der Waals surface area contributed by atoms with Crippen LogP contribution in [0, 0.1) is 0 Å². The quantitative estimate of drug-likeness (QED) is 0.679. The number of hydrogen-bond acceptors (Lipinski definition) is 4. The number of fused-ring (bicyclic) bond motifs is 1. The summed E-state index contributed by atoms with van der Waals surface area (Å²) in [5.41, 5.74) is 1.29. The Morgan fingerprint density at radius 1 is 1.14 bits per heavy atom. The van der Waals surface area contributed by atoms with Crippen LogP contribution >= 0.6 is 0 Å². The molecule has 21 heavy (non-hydrogen) atoms. The van der Waals surface area contributed by atoms with Crippen molar-refractivity contribution in [2.24, 2.45) is 0 Å². The number of carbonyl (C=O) groups is 2. The van der Waals surface area contributed by atoms with Gasteiger partial charge in [0.25, 0.3) is 5.91 Å². The van der Waals surface area contributed by atoms with E-state index in [-0.39, 0.29) is 11.9 Å². The molecule has 0 aromatic heterocycles. The first-order valence-electron chi connectivity index (χ1n) is 6.48. The molecule has 0 bridgehead atoms. The van der Waals surface area contributed by atoms with Crippen LogP contribution in [0.15, 0.2) is 48.5 Å². The molecular formula is C16H13NO4. The lowest BCUT2D eigenvalue weighted by atomic mass is 10.1. The SMILES string of the molecule is CC(=O)Oc1ccc(C2NC(=O)c3ccccc3O2)cc1. The second-order valence-corrected chi connectivity index (χ2v) is 4.63. The molecule has 0 saturated carbocycles. The lowest BCUT2D eigenvalue weighted by molar-refractivity contribution is -0.131. The van der Waals surface area contributed by atoms with Crippen LogP contribution in [0.1, 0.15) is 29.1 Å². The molecule has 1 heterocycles. The lowest BCUT2D eigenvalue weighted by Crippen LogP contribution is -2.36. The van der Waals surface area contributed by atoms with Crippen LogP contribution in [-0.4, -0.2) is 11.9 Å². The second-order valence-electron chi connectivity index (χ2n) is 4.63. The van der Waals surface area contributed by atoms with Gasteiger partial charge in [-0.25, -0.2) is 0 Å². The maximum Gasteiger partial charge on any atom is 0.308 e. The van der Waals surface area contributed by atoms with Gasteiger partial charge >= 0.3 is 5.97 Å². The van der Waals surface area contributed by atoms with Crippen LogP contribution in [-0.2, 0) is 4.79 Å². The number of benzene rings is 2. The highest BCUT2D eigenvalue weighted by Gasteiger charge is 2.26. The van der Waals surface area contributed by atoms with Gasteiger partial charge in [0.15, 0.2) is 6.23 Å². The summed E-state index contributed by atoms with van der Waals surface area (Å²) < 4.78 is 10.7. The van der Waals surface area contributed by atoms with Gasteiger partial charge in [0.05, 0.1) is 5.56 Å². The smallest absolute Gasteiger partial charge is 0.308 e. The number of ether oxygens (including phenoxy) is 2. The third kappa shape index (κ3) is 2.72. The predicted octanol–water partition coefficient (Wildman–Crippen LogP) is 2.43. The van der Waals surface area contributed by atoms with Crippen LogP contribution in [0.25, 0.3) is 0 Å². The molecule has 1 amide bonds. The van der Waals surface area contributed by atoms with Gasteiger partial charge in [-0.1, -0.05) is 12.1 Å². The maximum atomic E-state index is 12.0. The number of esters is 1. The molecule has 106 valence electrons. The van der Waals surface area contributed by atoms with E-state index in [0.29, 0.717) is 17.1 Å². The van der Waals surface area contributed by atoms with Crippen molar-refractivity contribution in [3.8, 4) is 11.5 Å². The summed E-state index contributed by atoms with van der Waals surface area (Å²) in [4.78, 5) is 22.9. The number of rotatable bonds is 2. The molecule has 3 rings (SSSR count). The van der Waals surface area contributed by atoms with Crippen molar-refractivity contribution in [3.05, 3.63) is 59.7 Å². The zero-order valence-corrected chi connectivity index (χ0v) is 11.3. The molecule has 0 fully saturated rings. The first kappa shape index (κ1) is 13.2. The summed E-state index contributed by atoms with van der Waals surface area (Å²) in [6.07, 6.45) is -0.557. The van der Waals surface area contributed by atoms with Crippen LogP contribution in [0.2, 0.25) is 0 Å². The minimum atomic E-state index is -0.557. The molecule has 1 aliphatic heterocycles. The van der Waals surface area contributed by atoms with Crippen LogP contribution < -0.4 is 14.8 Å². The number of nitrogens with one attached hydrogen (secondary N) is 1. The number of carbonyl (C=O) groups excluding carboxylic acids is 2. The standard InChI is InChI=1S/C16H13NO4/c1-10(18)20-12-8-6-11(7-9-12)16-17-15(19)13-4-2-3-5-14(13)21-16/h2-9,16H,1H3,(H,17,19). The Morgan fingerprint density at radius 3 is 2.57 bits per heavy atom. The molecule has 5 nitrogen and oxygen atoms in total. The van der Waals surface area contributed by atoms with Crippen LogP contribution in [0.4, 0.5) is 0 Å². The summed E-state index contributed by atoms with van der Waals surface area (Å²) in [6, 6.07) is 13.9. The third-order valence-electron chi connectivity index (χ3n) is 3.08. The fourth-order valence-electron chi connectivity index (χ4n) is 2.14. The maximum absolute atomic E-state index is 12.0. The van der Waals surface area contributed by atoms with E-state index in [0.717, 1.165) is 5.56 Å². The van der Waals surface area contributed by atoms with E-state index in [4.69, 9.17) is 9.47 Å². The Labute approximate surface area is 121 Å². The van der Waals surface area contributed by atoms with E-state index >= 15 is 0 Å². The fraction of sp³-hybridized carbons (Fsp3) is 0.125. The third-order valence-corrected chi connectivity index (χ3v) is 3.08. The van der Waals surface area contributed by atoms with Gasteiger partial charge in [-0.15, -0.1) is 0 Å². The van der Waals surface area contributed by atoms with Crippen molar-refractivity contribution >= 4 is 11.9 Å². The van der Waals surface area contributed by atoms with Gasteiger partial charge in [-0.3, -0.25) is 9.59 Å². The minimum Gasteiger partial charge on any atom is -0.466 e. The normalized spacial score (nSPS) is 16.4. The molecular weight excluding hydrogens is 270 g/mol. The average molecular weight is 283 g/mol. The van der Waals surface area contributed by atoms with Gasteiger partial charge in [0, 0.05) is 12.5 Å². The Bertz CT molecular complexity index is 694. The summed E-state index contributed by atoms with van der Waals surface area (Å²) in [5.74, 6) is 0.453. The zero-order chi connectivity index (χ0) is 14.8. The highest BCUT2D eigenvalue weighted by Crippen LogP contribution is 2.29. The van der Waals surface area contributed by atoms with Gasteiger partial charge in [-0.2, -0.15) is 0 Å². The molecule has 0 radical (unpaired) electrons. The lowest BCUT2D eigenvalue weighted by Gasteiger charge is -2.26. The zero-order valence-electron chi connectivity index (χ0n) is 11.3. The van der Waals surface area contributed by atoms with Crippen molar-refractivity contribution < 1.29 is 19.1 Å². The van der Waals surface area contributed by atoms with E-state index < -0.39 is 6.23 Å². The Balaban J connectivity index is 1.82. The number of hydrogen-bond donors (Lipinski definition) is 1. The van der Waals surface area contributed by atoms with Crippen molar-refractivity contribution in [1.29, 1.82) is 0 Å². The minimum absolute atomic E-state index is 0.175. The average Bonchev–Trinajstić information content (AvgIpc) is 2.47. The van der Waals surface area contributed by atoms with E-state index in [2.05, 4.69) is 5.32 Å². The van der Waals surface area contributed by atoms with Gasteiger partial charge in [-0.05, 0) is 36.4 Å². The molecule has 5 heteroatoms. The molecule has 2 aromatic rings. The van der Waals surface area contributed by atoms with Crippen molar-refractivity contribution in [2.75, 3.05) is 0 Å². The van der Waals surface area contributed by atoms with Gasteiger partial charge in [0.2, 0.25) is 0 Å². The highest BCUT2D eigenvalue weighted by molar-refractivity contribution is 5.97. The molecule has 1 aliphatic rings. The molecule has 1 atom stereocenters. The molecule has 2 aromatic carbocycles. The van der Waals surface area contributed by atoms with E-state index in [1.807, 2.05) is 6.07 Å². The van der Waals surface area contributed by atoms with Crippen molar-refractivity contribution in [1.82, 2.24) is 5.32 Å². The van der Waals surface area contributed by atoms with Crippen LogP contribution in [0.5, 0.6) is 11.5 Å². The molecule has 0 aliphatic carbocycles. The molecule has 0 saturated heterocycles. The summed E-state index contributed by atoms with van der Waals surface area (Å²) >= 11 is 0. The summed E-state index contributed by atoms with van der Waals surface area (Å²) in [6.45, 7) is 1.34. The van der Waals surface area contributed by atoms with Crippen molar-refractivity contribution in [3.63, 3.8) is 0 Å². The monoisotopic (exact) mass is 283 g/mol. The predicted molar refractivity (Wildman–Crippen MR) is 75.0 cm³/mol. The topological polar surface area (TPSA) is 64.6 Å². The fourth-order valence-corrected chi connectivity index (χ4v) is 2.14. The van der Waals surface area contributed by atoms with E-state index in [1.165, 1.54) is 6.92 Å². The second kappa shape index (κ2) is 5.28. The Hall–Kier alpha value is -2.82. The number of para-hydroxylation sites is 1. The summed E-state index contributed by atoms with van der Waals surface area (Å²) in [7, 11) is 0. The largest absolute Gasteiger partial charge is 0.466 e. The molecule has 1 N–H and O–H groups in total. The molecule has 1 unspecified atom stereocenters. The van der Waals surface area contributed by atoms with Gasteiger partial charge < -0.3 is 14.8 Å². The summed E-state index contributed by atoms with van der Waals surface area (Å²) in [5, 5.41) is 2.78. The van der Waals surface area contributed by atoms with Crippen LogP contribution in [0.3, 0.4) is 0 Å². The highest BCUT2D eigenvalue weighted by atomic mass is 16.5.